The number of amides is 1. The van der Waals surface area contributed by atoms with Crippen molar-refractivity contribution in [3.63, 3.8) is 0 Å². The number of hydrogen-bond acceptors (Lipinski definition) is 3. The lowest BCUT2D eigenvalue weighted by molar-refractivity contribution is -0.117. The maximum Gasteiger partial charge on any atom is 0.223 e. The molecular weight excluding hydrogens is 168 g/mol. The van der Waals surface area contributed by atoms with Crippen LogP contribution in [0.1, 0.15) is 24.7 Å². The minimum absolute atomic E-state index is 0.184. The molecule has 1 amide bonds. The van der Waals surface area contributed by atoms with Crippen LogP contribution in [0.2, 0.25) is 0 Å². The summed E-state index contributed by atoms with van der Waals surface area (Å²) in [5.74, 6) is -0.363. The molecular formula is C8H14N4O. The lowest BCUT2D eigenvalue weighted by atomic mass is 10.1. The van der Waals surface area contributed by atoms with E-state index in [2.05, 4.69) is 17.2 Å². The van der Waals surface area contributed by atoms with Gasteiger partial charge in [-0.05, 0) is 6.42 Å². The summed E-state index contributed by atoms with van der Waals surface area (Å²) >= 11 is 0. The molecule has 0 saturated heterocycles. The lowest BCUT2D eigenvalue weighted by Crippen LogP contribution is -2.15. The monoisotopic (exact) mass is 182 g/mol. The molecule has 1 heterocycles. The predicted octanol–water partition coefficient (Wildman–Crippen LogP) is -0.205. The van der Waals surface area contributed by atoms with E-state index in [-0.39, 0.29) is 12.3 Å². The van der Waals surface area contributed by atoms with E-state index in [1.54, 1.807) is 4.68 Å². The molecule has 0 bridgehead atoms. The number of carbonyl (C=O) groups excluding carboxylic acids is 1. The first-order valence-electron chi connectivity index (χ1n) is 4.30. The number of primary amides is 1. The highest BCUT2D eigenvalue weighted by atomic mass is 16.1. The van der Waals surface area contributed by atoms with Gasteiger partial charge in [0, 0.05) is 7.05 Å². The molecule has 0 unspecified atom stereocenters. The van der Waals surface area contributed by atoms with E-state index in [1.807, 2.05) is 7.05 Å². The minimum Gasteiger partial charge on any atom is -0.369 e. The Kier molecular flexibility index (Phi) is 3.00. The Balaban J connectivity index is 2.86. The van der Waals surface area contributed by atoms with Crippen molar-refractivity contribution < 1.29 is 4.79 Å². The Bertz CT molecular complexity index is 305. The zero-order valence-electron chi connectivity index (χ0n) is 7.95. The highest BCUT2D eigenvalue weighted by Crippen LogP contribution is 2.07. The average Bonchev–Trinajstić information content (AvgIpc) is 2.35. The fraction of sp³-hybridized carbons (Fsp3) is 0.625. The van der Waals surface area contributed by atoms with Crippen LogP contribution in [0.4, 0.5) is 0 Å². The molecule has 0 fully saturated rings. The molecule has 1 rings (SSSR count). The first-order chi connectivity index (χ1) is 6.15. The first kappa shape index (κ1) is 9.70. The van der Waals surface area contributed by atoms with Crippen LogP contribution in [-0.4, -0.2) is 20.9 Å². The van der Waals surface area contributed by atoms with Crippen molar-refractivity contribution in [3.8, 4) is 0 Å². The van der Waals surface area contributed by atoms with Crippen LogP contribution in [-0.2, 0) is 24.7 Å². The average molecular weight is 182 g/mol. The number of nitrogens with two attached hydrogens (primary N) is 1. The van der Waals surface area contributed by atoms with E-state index < -0.39 is 0 Å². The molecule has 0 saturated carbocycles. The summed E-state index contributed by atoms with van der Waals surface area (Å²) in [6, 6.07) is 0. The predicted molar refractivity (Wildman–Crippen MR) is 47.9 cm³/mol. The van der Waals surface area contributed by atoms with Crippen LogP contribution in [0.3, 0.4) is 0 Å². The van der Waals surface area contributed by atoms with Crippen LogP contribution in [0.5, 0.6) is 0 Å². The maximum absolute atomic E-state index is 10.7. The normalized spacial score (nSPS) is 10.3. The van der Waals surface area contributed by atoms with Crippen molar-refractivity contribution in [3.05, 3.63) is 11.4 Å². The third kappa shape index (κ3) is 2.27. The summed E-state index contributed by atoms with van der Waals surface area (Å²) in [6.07, 6.45) is 2.07. The van der Waals surface area contributed by atoms with Gasteiger partial charge in [-0.15, -0.1) is 5.10 Å². The molecule has 5 heteroatoms. The topological polar surface area (TPSA) is 73.8 Å². The second kappa shape index (κ2) is 4.02. The molecule has 0 aliphatic heterocycles. The van der Waals surface area contributed by atoms with Crippen molar-refractivity contribution in [2.24, 2.45) is 12.8 Å². The fourth-order valence-corrected chi connectivity index (χ4v) is 1.26. The van der Waals surface area contributed by atoms with E-state index in [1.165, 1.54) is 0 Å². The zero-order chi connectivity index (χ0) is 9.84. The van der Waals surface area contributed by atoms with Crippen LogP contribution in [0, 0.1) is 0 Å². The number of nitrogens with zero attached hydrogens (tertiary/aromatic N) is 3. The molecule has 0 atom stereocenters. The SMILES string of the molecule is CCCc1c(CC(N)=O)nnn1C. The van der Waals surface area contributed by atoms with E-state index in [0.29, 0.717) is 5.69 Å². The number of hydrogen-bond donors (Lipinski definition) is 1. The van der Waals surface area contributed by atoms with Gasteiger partial charge in [0.2, 0.25) is 5.91 Å². The van der Waals surface area contributed by atoms with Crippen molar-refractivity contribution in [2.45, 2.75) is 26.2 Å². The Hall–Kier alpha value is -1.39. The molecule has 0 radical (unpaired) electrons. The highest BCUT2D eigenvalue weighted by Gasteiger charge is 2.11. The summed E-state index contributed by atoms with van der Waals surface area (Å²) in [4.78, 5) is 10.7. The van der Waals surface area contributed by atoms with Crippen LogP contribution < -0.4 is 5.73 Å². The molecule has 0 aromatic carbocycles. The Labute approximate surface area is 76.9 Å². The molecule has 5 nitrogen and oxygen atoms in total. The lowest BCUT2D eigenvalue weighted by Gasteiger charge is -1.99. The summed E-state index contributed by atoms with van der Waals surface area (Å²) in [5, 5.41) is 7.73. The molecule has 72 valence electrons. The van der Waals surface area contributed by atoms with Gasteiger partial charge >= 0.3 is 0 Å². The third-order valence-electron chi connectivity index (χ3n) is 1.85. The standard InChI is InChI=1S/C8H14N4O/c1-3-4-7-6(5-8(9)13)10-11-12(7)2/h3-5H2,1-2H3,(H2,9,13). The molecule has 1 aromatic rings. The van der Waals surface area contributed by atoms with Gasteiger partial charge in [-0.3, -0.25) is 9.48 Å². The molecule has 1 aromatic heterocycles. The minimum atomic E-state index is -0.363. The Morgan fingerprint density at radius 2 is 2.31 bits per heavy atom. The smallest absolute Gasteiger partial charge is 0.223 e. The largest absolute Gasteiger partial charge is 0.369 e. The van der Waals surface area contributed by atoms with Crippen molar-refractivity contribution in [2.75, 3.05) is 0 Å². The number of aryl methyl sites for hydroxylation is 1. The van der Waals surface area contributed by atoms with Crippen LogP contribution in [0.15, 0.2) is 0 Å². The van der Waals surface area contributed by atoms with Gasteiger partial charge in [0.15, 0.2) is 0 Å². The van der Waals surface area contributed by atoms with Crippen LogP contribution >= 0.6 is 0 Å². The third-order valence-corrected chi connectivity index (χ3v) is 1.85. The Morgan fingerprint density at radius 3 is 2.85 bits per heavy atom. The van der Waals surface area contributed by atoms with E-state index in [0.717, 1.165) is 18.5 Å². The van der Waals surface area contributed by atoms with Crippen molar-refractivity contribution in [1.29, 1.82) is 0 Å². The second-order valence-electron chi connectivity index (χ2n) is 3.00. The summed E-state index contributed by atoms with van der Waals surface area (Å²) in [5.41, 5.74) is 6.79. The van der Waals surface area contributed by atoms with E-state index >= 15 is 0 Å². The second-order valence-corrected chi connectivity index (χ2v) is 3.00. The van der Waals surface area contributed by atoms with Gasteiger partial charge < -0.3 is 5.73 Å². The van der Waals surface area contributed by atoms with E-state index in [9.17, 15) is 4.79 Å². The first-order valence-corrected chi connectivity index (χ1v) is 4.30. The summed E-state index contributed by atoms with van der Waals surface area (Å²) in [7, 11) is 1.82. The van der Waals surface area contributed by atoms with Gasteiger partial charge in [0.05, 0.1) is 17.8 Å². The van der Waals surface area contributed by atoms with Gasteiger partial charge in [0.25, 0.3) is 0 Å². The van der Waals surface area contributed by atoms with Crippen LogP contribution in [0.25, 0.3) is 0 Å². The summed E-state index contributed by atoms with van der Waals surface area (Å²) in [6.45, 7) is 2.07. The molecule has 0 aliphatic rings. The molecule has 0 aliphatic carbocycles. The quantitative estimate of drug-likeness (QED) is 0.700. The van der Waals surface area contributed by atoms with Gasteiger partial charge in [-0.1, -0.05) is 18.6 Å². The maximum atomic E-state index is 10.7. The van der Waals surface area contributed by atoms with Gasteiger partial charge in [-0.25, -0.2) is 0 Å². The number of carbonyl (C=O) groups is 1. The van der Waals surface area contributed by atoms with Crippen molar-refractivity contribution in [1.82, 2.24) is 15.0 Å². The molecule has 0 spiro atoms. The van der Waals surface area contributed by atoms with Crippen molar-refractivity contribution >= 4 is 5.91 Å². The fourth-order valence-electron chi connectivity index (χ4n) is 1.26. The molecule has 13 heavy (non-hydrogen) atoms. The van der Waals surface area contributed by atoms with Gasteiger partial charge in [0.1, 0.15) is 0 Å². The number of rotatable bonds is 4. The molecule has 2 N–H and O–H groups in total. The van der Waals surface area contributed by atoms with Gasteiger partial charge in [-0.2, -0.15) is 0 Å². The number of aromatic nitrogens is 3. The van der Waals surface area contributed by atoms with E-state index in [4.69, 9.17) is 5.73 Å². The summed E-state index contributed by atoms with van der Waals surface area (Å²) < 4.78 is 1.70. The Morgan fingerprint density at radius 1 is 1.62 bits per heavy atom. The highest BCUT2D eigenvalue weighted by molar-refractivity contribution is 5.76. The zero-order valence-corrected chi connectivity index (χ0v) is 7.95.